The second-order valence-electron chi connectivity index (χ2n) is 10.1. The summed E-state index contributed by atoms with van der Waals surface area (Å²) in [5, 5.41) is 0. The molecule has 1 aliphatic heterocycles. The van der Waals surface area contributed by atoms with E-state index in [9.17, 15) is 0 Å². The maximum Gasteiger partial charge on any atom is 0.101 e. The normalized spacial score (nSPS) is 16.0. The monoisotopic (exact) mass is 434 g/mol. The Kier molecular flexibility index (Phi) is 19.4. The summed E-state index contributed by atoms with van der Waals surface area (Å²) in [5.41, 5.74) is 0. The third kappa shape index (κ3) is 14.9. The molecule has 0 aromatic rings. The highest BCUT2D eigenvalue weighted by molar-refractivity contribution is 4.96. The van der Waals surface area contributed by atoms with Gasteiger partial charge in [0.1, 0.15) is 6.17 Å². The highest BCUT2D eigenvalue weighted by atomic mass is 15.4. The Morgan fingerprint density at radius 1 is 0.419 bits per heavy atom. The number of hydrogen-bond acceptors (Lipinski definition) is 2. The molecule has 2 heteroatoms. The van der Waals surface area contributed by atoms with E-state index in [2.05, 4.69) is 43.0 Å². The van der Waals surface area contributed by atoms with Gasteiger partial charge in [0.15, 0.2) is 0 Å². The maximum absolute atomic E-state index is 2.67. The van der Waals surface area contributed by atoms with Crippen LogP contribution in [0.1, 0.15) is 156 Å². The van der Waals surface area contributed by atoms with Gasteiger partial charge in [-0.15, -0.1) is 0 Å². The molecule has 1 unspecified atom stereocenters. The molecule has 1 atom stereocenters. The van der Waals surface area contributed by atoms with E-state index in [0.717, 1.165) is 0 Å². The van der Waals surface area contributed by atoms with Crippen LogP contribution in [0, 0.1) is 0 Å². The Morgan fingerprint density at radius 2 is 0.774 bits per heavy atom. The van der Waals surface area contributed by atoms with Crippen LogP contribution in [0.3, 0.4) is 0 Å². The number of rotatable bonds is 23. The molecule has 0 spiro atoms. The van der Waals surface area contributed by atoms with Gasteiger partial charge in [0.25, 0.3) is 0 Å². The van der Waals surface area contributed by atoms with E-state index < -0.39 is 0 Å². The largest absolute Gasteiger partial charge is 0.356 e. The van der Waals surface area contributed by atoms with Crippen LogP contribution < -0.4 is 0 Å². The lowest BCUT2D eigenvalue weighted by Gasteiger charge is -2.33. The first-order valence-corrected chi connectivity index (χ1v) is 14.5. The molecule has 0 bridgehead atoms. The quantitative estimate of drug-likeness (QED) is 0.148. The van der Waals surface area contributed by atoms with Gasteiger partial charge < -0.3 is 9.80 Å². The Balaban J connectivity index is 2.14. The van der Waals surface area contributed by atoms with Crippen molar-refractivity contribution in [3.63, 3.8) is 0 Å². The Hall–Kier alpha value is -0.660. The molecule has 0 aromatic carbocycles. The van der Waals surface area contributed by atoms with E-state index in [1.165, 1.54) is 148 Å². The van der Waals surface area contributed by atoms with E-state index in [-0.39, 0.29) is 0 Å². The van der Waals surface area contributed by atoms with E-state index in [1.807, 2.05) is 0 Å². The molecule has 0 fully saturated rings. The van der Waals surface area contributed by atoms with Crippen LogP contribution in [0.25, 0.3) is 0 Å². The smallest absolute Gasteiger partial charge is 0.101 e. The average molecular weight is 435 g/mol. The van der Waals surface area contributed by atoms with Crippen LogP contribution >= 0.6 is 0 Å². The molecular formula is C29H58N2. The van der Waals surface area contributed by atoms with E-state index >= 15 is 0 Å². The Bertz CT molecular complexity index is 392. The SMILES string of the molecule is CCCCCCCCCCCCCN1C=CN(CCCC)C1CCCCCCCCC. The molecule has 0 N–H and O–H groups in total. The molecular weight excluding hydrogens is 376 g/mol. The van der Waals surface area contributed by atoms with Crippen molar-refractivity contribution in [2.75, 3.05) is 13.1 Å². The van der Waals surface area contributed by atoms with Crippen molar-refractivity contribution >= 4 is 0 Å². The van der Waals surface area contributed by atoms with E-state index in [0.29, 0.717) is 6.17 Å². The summed E-state index contributed by atoms with van der Waals surface area (Å²) in [6, 6.07) is 0. The van der Waals surface area contributed by atoms with Gasteiger partial charge in [-0.3, -0.25) is 0 Å². The standard InChI is InChI=1S/C29H58N2/c1-4-7-10-12-14-15-16-17-19-21-23-26-31-28-27-30(25-9-6-3)29(31)24-22-20-18-13-11-8-5-2/h27-29H,4-26H2,1-3H3. The predicted octanol–water partition coefficient (Wildman–Crippen LogP) is 9.65. The third-order valence-electron chi connectivity index (χ3n) is 7.07. The van der Waals surface area contributed by atoms with Crippen molar-refractivity contribution in [2.24, 2.45) is 0 Å². The Labute approximate surface area is 197 Å². The van der Waals surface area contributed by atoms with Crippen molar-refractivity contribution in [1.82, 2.24) is 9.80 Å². The molecule has 1 heterocycles. The van der Waals surface area contributed by atoms with Crippen molar-refractivity contribution in [2.45, 2.75) is 162 Å². The molecule has 0 saturated heterocycles. The zero-order valence-electron chi connectivity index (χ0n) is 21.9. The van der Waals surface area contributed by atoms with Gasteiger partial charge in [0, 0.05) is 25.5 Å². The second kappa shape index (κ2) is 21.2. The van der Waals surface area contributed by atoms with Crippen molar-refractivity contribution in [1.29, 1.82) is 0 Å². The van der Waals surface area contributed by atoms with Gasteiger partial charge in [0.05, 0.1) is 0 Å². The summed E-state index contributed by atoms with van der Waals surface area (Å²) in [7, 11) is 0. The first kappa shape index (κ1) is 28.4. The first-order valence-electron chi connectivity index (χ1n) is 14.5. The van der Waals surface area contributed by atoms with Crippen LogP contribution in [-0.4, -0.2) is 29.1 Å². The van der Waals surface area contributed by atoms with Crippen LogP contribution in [0.4, 0.5) is 0 Å². The molecule has 31 heavy (non-hydrogen) atoms. The van der Waals surface area contributed by atoms with Gasteiger partial charge in [-0.1, -0.05) is 130 Å². The predicted molar refractivity (Wildman–Crippen MR) is 140 cm³/mol. The minimum atomic E-state index is 0.644. The number of hydrogen-bond donors (Lipinski definition) is 0. The zero-order chi connectivity index (χ0) is 22.4. The van der Waals surface area contributed by atoms with Crippen molar-refractivity contribution in [3.8, 4) is 0 Å². The molecule has 0 radical (unpaired) electrons. The van der Waals surface area contributed by atoms with E-state index in [4.69, 9.17) is 0 Å². The topological polar surface area (TPSA) is 6.48 Å². The molecule has 0 amide bonds. The summed E-state index contributed by atoms with van der Waals surface area (Å²) in [6.45, 7) is 9.43. The first-order chi connectivity index (χ1) is 15.3. The average Bonchev–Trinajstić information content (AvgIpc) is 3.16. The lowest BCUT2D eigenvalue weighted by molar-refractivity contribution is 0.136. The summed E-state index contributed by atoms with van der Waals surface area (Å²) < 4.78 is 0. The summed E-state index contributed by atoms with van der Waals surface area (Å²) in [4.78, 5) is 5.31. The third-order valence-corrected chi connectivity index (χ3v) is 7.07. The number of nitrogens with zero attached hydrogens (tertiary/aromatic N) is 2. The molecule has 1 aliphatic rings. The molecule has 184 valence electrons. The highest BCUT2D eigenvalue weighted by Gasteiger charge is 2.24. The molecule has 0 aliphatic carbocycles. The zero-order valence-corrected chi connectivity index (χ0v) is 21.9. The lowest BCUT2D eigenvalue weighted by atomic mass is 10.1. The molecule has 2 nitrogen and oxygen atoms in total. The van der Waals surface area contributed by atoms with Crippen LogP contribution in [-0.2, 0) is 0 Å². The summed E-state index contributed by atoms with van der Waals surface area (Å²) in [6.07, 6.45) is 35.1. The fourth-order valence-corrected chi connectivity index (χ4v) is 4.92. The molecule has 0 saturated carbocycles. The minimum Gasteiger partial charge on any atom is -0.356 e. The lowest BCUT2D eigenvalue weighted by Crippen LogP contribution is -2.39. The number of unbranched alkanes of at least 4 members (excludes halogenated alkanes) is 17. The molecule has 0 aromatic heterocycles. The van der Waals surface area contributed by atoms with E-state index in [1.54, 1.807) is 0 Å². The summed E-state index contributed by atoms with van der Waals surface area (Å²) in [5.74, 6) is 0. The minimum absolute atomic E-state index is 0.644. The van der Waals surface area contributed by atoms with Gasteiger partial charge in [0.2, 0.25) is 0 Å². The van der Waals surface area contributed by atoms with Crippen LogP contribution in [0.5, 0.6) is 0 Å². The fraction of sp³-hybridized carbons (Fsp3) is 0.931. The summed E-state index contributed by atoms with van der Waals surface area (Å²) >= 11 is 0. The van der Waals surface area contributed by atoms with Crippen molar-refractivity contribution < 1.29 is 0 Å². The maximum atomic E-state index is 2.67. The highest BCUT2D eigenvalue weighted by Crippen LogP contribution is 2.23. The second-order valence-corrected chi connectivity index (χ2v) is 10.1. The van der Waals surface area contributed by atoms with Gasteiger partial charge in [-0.25, -0.2) is 0 Å². The fourth-order valence-electron chi connectivity index (χ4n) is 4.92. The van der Waals surface area contributed by atoms with Gasteiger partial charge in [-0.05, 0) is 25.7 Å². The van der Waals surface area contributed by atoms with Crippen LogP contribution in [0.2, 0.25) is 0 Å². The van der Waals surface area contributed by atoms with Gasteiger partial charge >= 0.3 is 0 Å². The molecule has 1 rings (SSSR count). The Morgan fingerprint density at radius 3 is 1.23 bits per heavy atom. The van der Waals surface area contributed by atoms with Crippen molar-refractivity contribution in [3.05, 3.63) is 12.4 Å². The van der Waals surface area contributed by atoms with Crippen LogP contribution in [0.15, 0.2) is 12.4 Å². The van der Waals surface area contributed by atoms with Gasteiger partial charge in [-0.2, -0.15) is 0 Å².